The highest BCUT2D eigenvalue weighted by atomic mass is 16.7. The number of amides is 1. The van der Waals surface area contributed by atoms with Crippen molar-refractivity contribution in [2.45, 2.75) is 13.5 Å². The zero-order valence-corrected chi connectivity index (χ0v) is 16.7. The summed E-state index contributed by atoms with van der Waals surface area (Å²) in [5.74, 6) is 1.42. The minimum absolute atomic E-state index is 0.0978. The number of piperazine rings is 1. The molecule has 7 heteroatoms. The van der Waals surface area contributed by atoms with Gasteiger partial charge in [-0.2, -0.15) is 0 Å². The van der Waals surface area contributed by atoms with Gasteiger partial charge in [0.1, 0.15) is 5.58 Å². The molecule has 0 unspecified atom stereocenters. The number of rotatable bonds is 3. The molecule has 0 spiro atoms. The Morgan fingerprint density at radius 2 is 1.77 bits per heavy atom. The van der Waals surface area contributed by atoms with Gasteiger partial charge in [0.15, 0.2) is 22.7 Å². The number of carbonyl (C=O) groups is 1. The van der Waals surface area contributed by atoms with E-state index in [1.54, 1.807) is 17.0 Å². The molecule has 0 saturated carbocycles. The molecule has 5 rings (SSSR count). The standard InChI is InChI=1S/C23H22N2O5/c1-15-2-4-19-17(10-15)18(26)12-22(30-19)23(27)25-8-6-24(7-9-25)13-16-3-5-20-21(11-16)29-14-28-20/h2-5,10-12H,6-9,13-14H2,1H3. The molecule has 1 fully saturated rings. The molecular weight excluding hydrogens is 384 g/mol. The molecule has 2 aliphatic heterocycles. The van der Waals surface area contributed by atoms with E-state index >= 15 is 0 Å². The molecule has 0 bridgehead atoms. The third-order valence-electron chi connectivity index (χ3n) is 5.60. The summed E-state index contributed by atoms with van der Waals surface area (Å²) in [7, 11) is 0. The maximum absolute atomic E-state index is 12.9. The maximum Gasteiger partial charge on any atom is 0.289 e. The molecule has 3 aromatic rings. The van der Waals surface area contributed by atoms with Crippen molar-refractivity contribution >= 4 is 16.9 Å². The predicted octanol–water partition coefficient (Wildman–Crippen LogP) is 2.79. The van der Waals surface area contributed by atoms with Crippen molar-refractivity contribution in [1.29, 1.82) is 0 Å². The Bertz CT molecular complexity index is 1180. The number of hydrogen-bond acceptors (Lipinski definition) is 6. The Morgan fingerprint density at radius 1 is 0.967 bits per heavy atom. The molecule has 2 aliphatic rings. The van der Waals surface area contributed by atoms with Crippen molar-refractivity contribution in [3.05, 3.63) is 69.6 Å². The first-order valence-electron chi connectivity index (χ1n) is 10.0. The lowest BCUT2D eigenvalue weighted by atomic mass is 10.1. The van der Waals surface area contributed by atoms with Gasteiger partial charge in [0, 0.05) is 38.8 Å². The number of ether oxygens (including phenoxy) is 2. The summed E-state index contributed by atoms with van der Waals surface area (Å²) < 4.78 is 16.5. The molecule has 0 radical (unpaired) electrons. The van der Waals surface area contributed by atoms with Gasteiger partial charge in [0.2, 0.25) is 6.79 Å². The van der Waals surface area contributed by atoms with Gasteiger partial charge < -0.3 is 18.8 Å². The van der Waals surface area contributed by atoms with Crippen molar-refractivity contribution in [2.24, 2.45) is 0 Å². The Balaban J connectivity index is 1.25. The van der Waals surface area contributed by atoms with Gasteiger partial charge >= 0.3 is 0 Å². The van der Waals surface area contributed by atoms with Crippen LogP contribution in [0.4, 0.5) is 0 Å². The second kappa shape index (κ2) is 7.50. The van der Waals surface area contributed by atoms with Crippen LogP contribution in [0.3, 0.4) is 0 Å². The van der Waals surface area contributed by atoms with Crippen LogP contribution in [0.2, 0.25) is 0 Å². The molecule has 0 N–H and O–H groups in total. The highest BCUT2D eigenvalue weighted by molar-refractivity contribution is 5.93. The monoisotopic (exact) mass is 406 g/mol. The third kappa shape index (κ3) is 3.52. The molecule has 2 aromatic carbocycles. The van der Waals surface area contributed by atoms with Crippen LogP contribution in [0.1, 0.15) is 21.7 Å². The molecule has 154 valence electrons. The fourth-order valence-electron chi connectivity index (χ4n) is 3.94. The highest BCUT2D eigenvalue weighted by Crippen LogP contribution is 2.32. The van der Waals surface area contributed by atoms with E-state index in [4.69, 9.17) is 13.9 Å². The molecule has 0 atom stereocenters. The summed E-state index contributed by atoms with van der Waals surface area (Å²) in [4.78, 5) is 29.4. The zero-order chi connectivity index (χ0) is 20.7. The van der Waals surface area contributed by atoms with Crippen LogP contribution < -0.4 is 14.9 Å². The van der Waals surface area contributed by atoms with Crippen molar-refractivity contribution in [3.8, 4) is 11.5 Å². The molecular formula is C23H22N2O5. The molecule has 7 nitrogen and oxygen atoms in total. The second-order valence-electron chi connectivity index (χ2n) is 7.73. The normalized spacial score (nSPS) is 16.2. The first-order valence-corrected chi connectivity index (χ1v) is 10.0. The quantitative estimate of drug-likeness (QED) is 0.666. The van der Waals surface area contributed by atoms with Gasteiger partial charge in [-0.25, -0.2) is 0 Å². The van der Waals surface area contributed by atoms with Crippen molar-refractivity contribution in [3.63, 3.8) is 0 Å². The van der Waals surface area contributed by atoms with Crippen molar-refractivity contribution in [2.75, 3.05) is 33.0 Å². The first-order chi connectivity index (χ1) is 14.6. The number of nitrogens with zero attached hydrogens (tertiary/aromatic N) is 2. The van der Waals surface area contributed by atoms with E-state index in [9.17, 15) is 9.59 Å². The Hall–Kier alpha value is -3.32. The highest BCUT2D eigenvalue weighted by Gasteiger charge is 2.25. The molecule has 1 saturated heterocycles. The lowest BCUT2D eigenvalue weighted by Crippen LogP contribution is -2.48. The van der Waals surface area contributed by atoms with Crippen LogP contribution in [0, 0.1) is 6.92 Å². The average Bonchev–Trinajstić information content (AvgIpc) is 3.22. The molecule has 3 heterocycles. The molecule has 0 aliphatic carbocycles. The van der Waals surface area contributed by atoms with Crippen molar-refractivity contribution in [1.82, 2.24) is 9.80 Å². The van der Waals surface area contributed by atoms with Crippen LogP contribution in [0.5, 0.6) is 11.5 Å². The lowest BCUT2D eigenvalue weighted by molar-refractivity contribution is 0.0598. The van der Waals surface area contributed by atoms with Gasteiger partial charge in [-0.15, -0.1) is 0 Å². The van der Waals surface area contributed by atoms with Gasteiger partial charge in [-0.05, 0) is 36.8 Å². The Morgan fingerprint density at radius 3 is 2.60 bits per heavy atom. The largest absolute Gasteiger partial charge is 0.454 e. The fourth-order valence-corrected chi connectivity index (χ4v) is 3.94. The minimum Gasteiger partial charge on any atom is -0.454 e. The summed E-state index contributed by atoms with van der Waals surface area (Å²) in [5, 5.41) is 0.500. The van der Waals surface area contributed by atoms with Gasteiger partial charge in [0.05, 0.1) is 5.39 Å². The van der Waals surface area contributed by atoms with Gasteiger partial charge in [-0.3, -0.25) is 14.5 Å². The summed E-state index contributed by atoms with van der Waals surface area (Å²) >= 11 is 0. The number of carbonyl (C=O) groups excluding carboxylic acids is 1. The SMILES string of the molecule is Cc1ccc2oc(C(=O)N3CCN(Cc4ccc5c(c4)OCO5)CC3)cc(=O)c2c1. The van der Waals surface area contributed by atoms with Gasteiger partial charge in [0.25, 0.3) is 5.91 Å². The van der Waals surface area contributed by atoms with Crippen LogP contribution in [0.25, 0.3) is 11.0 Å². The third-order valence-corrected chi connectivity index (χ3v) is 5.60. The fraction of sp³-hybridized carbons (Fsp3) is 0.304. The maximum atomic E-state index is 12.9. The smallest absolute Gasteiger partial charge is 0.289 e. The molecule has 1 aromatic heterocycles. The summed E-state index contributed by atoms with van der Waals surface area (Å²) in [6, 6.07) is 12.7. The first kappa shape index (κ1) is 18.7. The van der Waals surface area contributed by atoms with E-state index in [0.29, 0.717) is 24.1 Å². The lowest BCUT2D eigenvalue weighted by Gasteiger charge is -2.34. The van der Waals surface area contributed by atoms with E-state index < -0.39 is 0 Å². The average molecular weight is 406 g/mol. The van der Waals surface area contributed by atoms with Crippen LogP contribution in [-0.4, -0.2) is 48.7 Å². The predicted molar refractivity (Wildman–Crippen MR) is 111 cm³/mol. The number of fused-ring (bicyclic) bond motifs is 2. The summed E-state index contributed by atoms with van der Waals surface area (Å²) in [5.41, 5.74) is 2.38. The van der Waals surface area contributed by atoms with E-state index in [1.165, 1.54) is 6.07 Å². The zero-order valence-electron chi connectivity index (χ0n) is 16.7. The number of hydrogen-bond donors (Lipinski definition) is 0. The topological polar surface area (TPSA) is 72.2 Å². The van der Waals surface area contributed by atoms with E-state index in [-0.39, 0.29) is 23.9 Å². The Kier molecular flexibility index (Phi) is 4.67. The van der Waals surface area contributed by atoms with E-state index in [1.807, 2.05) is 31.2 Å². The van der Waals surface area contributed by atoms with E-state index in [0.717, 1.165) is 42.3 Å². The molecule has 30 heavy (non-hydrogen) atoms. The Labute approximate surface area is 173 Å². The summed E-state index contributed by atoms with van der Waals surface area (Å²) in [6.07, 6.45) is 0. The minimum atomic E-state index is -0.239. The summed E-state index contributed by atoms with van der Waals surface area (Å²) in [6.45, 7) is 5.63. The van der Waals surface area contributed by atoms with Crippen molar-refractivity contribution < 1.29 is 18.7 Å². The van der Waals surface area contributed by atoms with Gasteiger partial charge in [-0.1, -0.05) is 17.7 Å². The van der Waals surface area contributed by atoms with E-state index in [2.05, 4.69) is 4.90 Å². The van der Waals surface area contributed by atoms with Crippen LogP contribution in [0.15, 0.2) is 51.7 Å². The molecule has 1 amide bonds. The van der Waals surface area contributed by atoms with Crippen LogP contribution in [-0.2, 0) is 6.54 Å². The second-order valence-corrected chi connectivity index (χ2v) is 7.73. The number of aryl methyl sites for hydroxylation is 1. The number of benzene rings is 2. The van der Waals surface area contributed by atoms with Crippen LogP contribution >= 0.6 is 0 Å².